The minimum Gasteiger partial charge on any atom is -0.381 e. The summed E-state index contributed by atoms with van der Waals surface area (Å²) in [6.07, 6.45) is 12.0. The summed E-state index contributed by atoms with van der Waals surface area (Å²) in [7, 11) is 1.83. The van der Waals surface area contributed by atoms with E-state index >= 15 is 0 Å². The number of ether oxygens (including phenoxy) is 1. The molecular weight excluding hydrogens is 212 g/mol. The maximum Gasteiger partial charge on any atom is 0.0589 e. The SMILES string of the molecule is COC1CCCC(CN)(NC2CCCCC2)C1. The molecule has 0 bridgehead atoms. The van der Waals surface area contributed by atoms with Crippen molar-refractivity contribution in [2.24, 2.45) is 5.73 Å². The van der Waals surface area contributed by atoms with Crippen LogP contribution in [-0.4, -0.2) is 31.3 Å². The first-order valence-corrected chi connectivity index (χ1v) is 7.28. The molecule has 0 aromatic heterocycles. The van der Waals surface area contributed by atoms with Gasteiger partial charge in [0.25, 0.3) is 0 Å². The third-order valence-corrected chi connectivity index (χ3v) is 4.64. The largest absolute Gasteiger partial charge is 0.381 e. The molecular formula is C14H28N2O. The van der Waals surface area contributed by atoms with Crippen LogP contribution in [0.1, 0.15) is 57.8 Å². The van der Waals surface area contributed by atoms with Crippen LogP contribution >= 0.6 is 0 Å². The molecule has 3 N–H and O–H groups in total. The Hall–Kier alpha value is -0.120. The Morgan fingerprint density at radius 3 is 2.59 bits per heavy atom. The normalized spacial score (nSPS) is 36.0. The van der Waals surface area contributed by atoms with E-state index in [9.17, 15) is 0 Å². The van der Waals surface area contributed by atoms with Gasteiger partial charge in [-0.15, -0.1) is 0 Å². The van der Waals surface area contributed by atoms with Crippen LogP contribution in [0, 0.1) is 0 Å². The van der Waals surface area contributed by atoms with E-state index in [2.05, 4.69) is 5.32 Å². The van der Waals surface area contributed by atoms with Crippen molar-refractivity contribution >= 4 is 0 Å². The quantitative estimate of drug-likeness (QED) is 0.792. The van der Waals surface area contributed by atoms with Crippen molar-refractivity contribution < 1.29 is 4.74 Å². The molecule has 2 atom stereocenters. The number of rotatable bonds is 4. The fourth-order valence-electron chi connectivity index (χ4n) is 3.56. The van der Waals surface area contributed by atoms with Gasteiger partial charge in [-0.05, 0) is 38.5 Å². The Bertz CT molecular complexity index is 228. The van der Waals surface area contributed by atoms with E-state index in [1.165, 1.54) is 51.4 Å². The topological polar surface area (TPSA) is 47.3 Å². The maximum atomic E-state index is 6.05. The highest BCUT2D eigenvalue weighted by Crippen LogP contribution is 2.31. The standard InChI is InChI=1S/C14H28N2O/c1-17-13-8-5-9-14(10-13,11-15)16-12-6-3-2-4-7-12/h12-13,16H,2-11,15H2,1H3. The zero-order chi connectivity index (χ0) is 12.1. The summed E-state index contributed by atoms with van der Waals surface area (Å²) < 4.78 is 5.54. The Morgan fingerprint density at radius 2 is 1.94 bits per heavy atom. The van der Waals surface area contributed by atoms with Gasteiger partial charge < -0.3 is 15.8 Å². The van der Waals surface area contributed by atoms with Crippen molar-refractivity contribution in [3.63, 3.8) is 0 Å². The van der Waals surface area contributed by atoms with Crippen LogP contribution in [0.3, 0.4) is 0 Å². The molecule has 17 heavy (non-hydrogen) atoms. The lowest BCUT2D eigenvalue weighted by atomic mass is 9.78. The summed E-state index contributed by atoms with van der Waals surface area (Å²) in [5, 5.41) is 3.88. The second-order valence-corrected chi connectivity index (χ2v) is 5.92. The van der Waals surface area contributed by atoms with Crippen LogP contribution in [0.5, 0.6) is 0 Å². The summed E-state index contributed by atoms with van der Waals surface area (Å²) in [6.45, 7) is 0.753. The highest BCUT2D eigenvalue weighted by molar-refractivity contribution is 4.97. The molecule has 0 amide bonds. The summed E-state index contributed by atoms with van der Waals surface area (Å²) in [5.74, 6) is 0. The molecule has 3 heteroatoms. The van der Waals surface area contributed by atoms with Crippen molar-refractivity contribution in [2.75, 3.05) is 13.7 Å². The predicted octanol–water partition coefficient (Wildman–Crippen LogP) is 2.20. The minimum atomic E-state index is 0.154. The molecule has 2 unspecified atom stereocenters. The van der Waals surface area contributed by atoms with Gasteiger partial charge >= 0.3 is 0 Å². The molecule has 100 valence electrons. The van der Waals surface area contributed by atoms with Gasteiger partial charge in [0.05, 0.1) is 6.10 Å². The minimum absolute atomic E-state index is 0.154. The van der Waals surface area contributed by atoms with Crippen molar-refractivity contribution in [3.8, 4) is 0 Å². The summed E-state index contributed by atoms with van der Waals surface area (Å²) >= 11 is 0. The zero-order valence-corrected chi connectivity index (χ0v) is 11.2. The third kappa shape index (κ3) is 3.43. The Morgan fingerprint density at radius 1 is 1.18 bits per heavy atom. The summed E-state index contributed by atoms with van der Waals surface area (Å²) in [5.41, 5.74) is 6.21. The highest BCUT2D eigenvalue weighted by atomic mass is 16.5. The molecule has 2 aliphatic rings. The first-order chi connectivity index (χ1) is 8.28. The lowest BCUT2D eigenvalue weighted by Crippen LogP contribution is -2.58. The number of nitrogens with two attached hydrogens (primary N) is 1. The van der Waals surface area contributed by atoms with Crippen LogP contribution in [0.25, 0.3) is 0 Å². The van der Waals surface area contributed by atoms with E-state index < -0.39 is 0 Å². The average Bonchev–Trinajstić information content (AvgIpc) is 2.40. The Labute approximate surface area is 105 Å². The Balaban J connectivity index is 1.92. The molecule has 0 saturated heterocycles. The number of nitrogens with one attached hydrogen (secondary N) is 1. The van der Waals surface area contributed by atoms with Crippen LogP contribution in [0.15, 0.2) is 0 Å². The fraction of sp³-hybridized carbons (Fsp3) is 1.00. The summed E-state index contributed by atoms with van der Waals surface area (Å²) in [4.78, 5) is 0. The van der Waals surface area contributed by atoms with E-state index in [0.717, 1.165) is 13.0 Å². The monoisotopic (exact) mass is 240 g/mol. The second kappa shape index (κ2) is 6.17. The van der Waals surface area contributed by atoms with Gasteiger partial charge in [0, 0.05) is 25.2 Å². The van der Waals surface area contributed by atoms with E-state index in [-0.39, 0.29) is 5.54 Å². The van der Waals surface area contributed by atoms with E-state index in [4.69, 9.17) is 10.5 Å². The lowest BCUT2D eigenvalue weighted by Gasteiger charge is -2.43. The van der Waals surface area contributed by atoms with Gasteiger partial charge in [-0.3, -0.25) is 0 Å². The molecule has 3 nitrogen and oxygen atoms in total. The zero-order valence-electron chi connectivity index (χ0n) is 11.2. The number of hydrogen-bond acceptors (Lipinski definition) is 3. The van der Waals surface area contributed by atoms with Crippen molar-refractivity contribution in [3.05, 3.63) is 0 Å². The lowest BCUT2D eigenvalue weighted by molar-refractivity contribution is 0.0275. The van der Waals surface area contributed by atoms with Crippen LogP contribution in [0.4, 0.5) is 0 Å². The van der Waals surface area contributed by atoms with Crippen molar-refractivity contribution in [1.82, 2.24) is 5.32 Å². The van der Waals surface area contributed by atoms with Crippen LogP contribution < -0.4 is 11.1 Å². The van der Waals surface area contributed by atoms with Gasteiger partial charge in [-0.2, -0.15) is 0 Å². The molecule has 0 spiro atoms. The van der Waals surface area contributed by atoms with Crippen molar-refractivity contribution in [1.29, 1.82) is 0 Å². The van der Waals surface area contributed by atoms with Crippen molar-refractivity contribution in [2.45, 2.75) is 75.5 Å². The first kappa shape index (κ1) is 13.3. The Kier molecular flexibility index (Phi) is 4.83. The van der Waals surface area contributed by atoms with Gasteiger partial charge in [0.15, 0.2) is 0 Å². The van der Waals surface area contributed by atoms with Gasteiger partial charge in [0.2, 0.25) is 0 Å². The van der Waals surface area contributed by atoms with Gasteiger partial charge in [-0.1, -0.05) is 19.3 Å². The molecule has 0 heterocycles. The molecule has 2 aliphatic carbocycles. The smallest absolute Gasteiger partial charge is 0.0589 e. The number of hydrogen-bond donors (Lipinski definition) is 2. The van der Waals surface area contributed by atoms with E-state index in [1.54, 1.807) is 0 Å². The maximum absolute atomic E-state index is 6.05. The van der Waals surface area contributed by atoms with Crippen LogP contribution in [0.2, 0.25) is 0 Å². The van der Waals surface area contributed by atoms with E-state index in [0.29, 0.717) is 12.1 Å². The summed E-state index contributed by atoms with van der Waals surface area (Å²) in [6, 6.07) is 0.697. The third-order valence-electron chi connectivity index (χ3n) is 4.64. The highest BCUT2D eigenvalue weighted by Gasteiger charge is 2.36. The average molecular weight is 240 g/mol. The second-order valence-electron chi connectivity index (χ2n) is 5.92. The van der Waals surface area contributed by atoms with Crippen LogP contribution in [-0.2, 0) is 4.74 Å². The molecule has 2 fully saturated rings. The predicted molar refractivity (Wildman–Crippen MR) is 71.1 cm³/mol. The molecule has 2 rings (SSSR count). The fourth-order valence-corrected chi connectivity index (χ4v) is 3.56. The van der Waals surface area contributed by atoms with Gasteiger partial charge in [0.1, 0.15) is 0 Å². The van der Waals surface area contributed by atoms with Gasteiger partial charge in [-0.25, -0.2) is 0 Å². The molecule has 2 saturated carbocycles. The molecule has 0 aromatic carbocycles. The molecule has 0 radical (unpaired) electrons. The molecule has 0 aliphatic heterocycles. The molecule has 0 aromatic rings. The first-order valence-electron chi connectivity index (χ1n) is 7.28. The number of methoxy groups -OCH3 is 1. The van der Waals surface area contributed by atoms with E-state index in [1.807, 2.05) is 7.11 Å².